The Kier molecular flexibility index (Phi) is 5.28. The van der Waals surface area contributed by atoms with E-state index < -0.39 is 11.9 Å². The Balaban J connectivity index is 2.48. The third kappa shape index (κ3) is 4.45. The molecular weight excluding hydrogens is 233 g/mol. The maximum Gasteiger partial charge on any atom is 0.307 e. The summed E-state index contributed by atoms with van der Waals surface area (Å²) < 4.78 is 12.7. The van der Waals surface area contributed by atoms with Crippen molar-refractivity contribution in [3.05, 3.63) is 35.6 Å². The molecule has 18 heavy (non-hydrogen) atoms. The van der Waals surface area contributed by atoms with E-state index in [1.807, 2.05) is 6.92 Å². The predicted octanol–water partition coefficient (Wildman–Crippen LogP) is 2.44. The van der Waals surface area contributed by atoms with Gasteiger partial charge >= 0.3 is 5.97 Å². The Labute approximate surface area is 107 Å². The highest BCUT2D eigenvalue weighted by molar-refractivity contribution is 5.70. The van der Waals surface area contributed by atoms with Gasteiger partial charge in [-0.2, -0.15) is 0 Å². The molecule has 0 fully saturated rings. The van der Waals surface area contributed by atoms with Gasteiger partial charge in [0.05, 0.1) is 5.92 Å². The summed E-state index contributed by atoms with van der Waals surface area (Å²) in [6.45, 7) is 3.65. The maximum absolute atomic E-state index is 12.7. The van der Waals surface area contributed by atoms with Crippen LogP contribution in [0.4, 0.5) is 4.39 Å². The van der Waals surface area contributed by atoms with E-state index in [4.69, 9.17) is 10.8 Å². The summed E-state index contributed by atoms with van der Waals surface area (Å²) in [5.74, 6) is -1.38. The smallest absolute Gasteiger partial charge is 0.307 e. The van der Waals surface area contributed by atoms with E-state index in [2.05, 4.69) is 0 Å². The van der Waals surface area contributed by atoms with Gasteiger partial charge in [0.2, 0.25) is 0 Å². The molecule has 1 rings (SSSR count). The van der Waals surface area contributed by atoms with Crippen molar-refractivity contribution in [3.63, 3.8) is 0 Å². The molecule has 3 nitrogen and oxygen atoms in total. The Morgan fingerprint density at radius 3 is 2.39 bits per heavy atom. The molecule has 0 aromatic heterocycles. The van der Waals surface area contributed by atoms with Crippen LogP contribution < -0.4 is 5.73 Å². The molecule has 3 unspecified atom stereocenters. The molecule has 1 aromatic rings. The van der Waals surface area contributed by atoms with Crippen LogP contribution >= 0.6 is 0 Å². The fourth-order valence-electron chi connectivity index (χ4n) is 1.96. The Hall–Kier alpha value is -1.42. The van der Waals surface area contributed by atoms with Crippen LogP contribution in [0, 0.1) is 17.7 Å². The van der Waals surface area contributed by atoms with Crippen molar-refractivity contribution in [1.82, 2.24) is 0 Å². The van der Waals surface area contributed by atoms with Crippen molar-refractivity contribution in [2.75, 3.05) is 0 Å². The van der Waals surface area contributed by atoms with Crippen LogP contribution in [0.5, 0.6) is 0 Å². The van der Waals surface area contributed by atoms with Crippen LogP contribution in [0.15, 0.2) is 24.3 Å². The van der Waals surface area contributed by atoms with E-state index in [9.17, 15) is 9.18 Å². The van der Waals surface area contributed by atoms with Gasteiger partial charge < -0.3 is 10.8 Å². The van der Waals surface area contributed by atoms with Gasteiger partial charge in [0.1, 0.15) is 5.82 Å². The number of benzene rings is 1. The number of carboxylic acid groups (broad SMARTS) is 1. The SMILES string of the molecule is CC(Cc1ccc(F)cc1)CC(N)C(C)C(=O)O. The summed E-state index contributed by atoms with van der Waals surface area (Å²) in [6.07, 6.45) is 1.42. The van der Waals surface area contributed by atoms with Crippen molar-refractivity contribution in [2.24, 2.45) is 17.6 Å². The second-order valence-corrected chi connectivity index (χ2v) is 4.96. The molecular formula is C14H20FNO2. The first-order chi connectivity index (χ1) is 8.40. The lowest BCUT2D eigenvalue weighted by molar-refractivity contribution is -0.141. The van der Waals surface area contributed by atoms with Gasteiger partial charge in [0, 0.05) is 6.04 Å². The Morgan fingerprint density at radius 1 is 1.33 bits per heavy atom. The first kappa shape index (κ1) is 14.6. The molecule has 0 heterocycles. The van der Waals surface area contributed by atoms with Crippen molar-refractivity contribution in [1.29, 1.82) is 0 Å². The van der Waals surface area contributed by atoms with Gasteiger partial charge in [-0.05, 0) is 36.5 Å². The number of hydrogen-bond acceptors (Lipinski definition) is 2. The molecule has 3 N–H and O–H groups in total. The van der Waals surface area contributed by atoms with Crippen molar-refractivity contribution >= 4 is 5.97 Å². The third-order valence-corrected chi connectivity index (χ3v) is 3.20. The number of halogens is 1. The average molecular weight is 253 g/mol. The first-order valence-corrected chi connectivity index (χ1v) is 6.13. The van der Waals surface area contributed by atoms with Crippen molar-refractivity contribution in [3.8, 4) is 0 Å². The van der Waals surface area contributed by atoms with Crippen LogP contribution in [0.25, 0.3) is 0 Å². The van der Waals surface area contributed by atoms with Crippen LogP contribution in [0.2, 0.25) is 0 Å². The van der Waals surface area contributed by atoms with E-state index in [0.717, 1.165) is 12.0 Å². The molecule has 0 aliphatic heterocycles. The standard InChI is InChI=1S/C14H20FNO2/c1-9(8-13(16)10(2)14(17)18)7-11-3-5-12(15)6-4-11/h3-6,9-10,13H,7-8,16H2,1-2H3,(H,17,18). The van der Waals surface area contributed by atoms with Crippen molar-refractivity contribution in [2.45, 2.75) is 32.7 Å². The minimum absolute atomic E-state index is 0.248. The molecule has 0 radical (unpaired) electrons. The highest BCUT2D eigenvalue weighted by atomic mass is 19.1. The molecule has 4 heteroatoms. The molecule has 0 saturated carbocycles. The molecule has 0 bridgehead atoms. The van der Waals surface area contributed by atoms with Crippen LogP contribution in [0.3, 0.4) is 0 Å². The normalized spacial score (nSPS) is 16.0. The highest BCUT2D eigenvalue weighted by Crippen LogP contribution is 2.17. The van der Waals surface area contributed by atoms with Gasteiger partial charge in [0.25, 0.3) is 0 Å². The minimum atomic E-state index is -0.864. The minimum Gasteiger partial charge on any atom is -0.481 e. The lowest BCUT2D eigenvalue weighted by Crippen LogP contribution is -2.35. The quantitative estimate of drug-likeness (QED) is 0.818. The molecule has 0 aliphatic carbocycles. The Morgan fingerprint density at radius 2 is 1.89 bits per heavy atom. The first-order valence-electron chi connectivity index (χ1n) is 6.13. The summed E-state index contributed by atoms with van der Waals surface area (Å²) in [6, 6.07) is 6.01. The zero-order valence-corrected chi connectivity index (χ0v) is 10.8. The van der Waals surface area contributed by atoms with Crippen LogP contribution in [0.1, 0.15) is 25.8 Å². The summed E-state index contributed by atoms with van der Waals surface area (Å²) in [4.78, 5) is 10.8. The molecule has 0 saturated heterocycles. The largest absolute Gasteiger partial charge is 0.481 e. The van der Waals surface area contributed by atoms with Gasteiger partial charge in [0.15, 0.2) is 0 Å². The topological polar surface area (TPSA) is 63.3 Å². The second-order valence-electron chi connectivity index (χ2n) is 4.96. The number of carboxylic acids is 1. The van der Waals surface area contributed by atoms with Gasteiger partial charge in [-0.15, -0.1) is 0 Å². The van der Waals surface area contributed by atoms with Crippen molar-refractivity contribution < 1.29 is 14.3 Å². The van der Waals surface area contributed by atoms with E-state index in [0.29, 0.717) is 6.42 Å². The zero-order chi connectivity index (χ0) is 13.7. The summed E-state index contributed by atoms with van der Waals surface area (Å²) >= 11 is 0. The van der Waals surface area contributed by atoms with Gasteiger partial charge in [-0.3, -0.25) is 4.79 Å². The average Bonchev–Trinajstić information content (AvgIpc) is 2.30. The van der Waals surface area contributed by atoms with E-state index in [-0.39, 0.29) is 17.8 Å². The summed E-state index contributed by atoms with van der Waals surface area (Å²) in [5.41, 5.74) is 6.90. The fraction of sp³-hybridized carbons (Fsp3) is 0.500. The highest BCUT2D eigenvalue weighted by Gasteiger charge is 2.21. The number of rotatable bonds is 6. The molecule has 100 valence electrons. The zero-order valence-electron chi connectivity index (χ0n) is 10.8. The van der Waals surface area contributed by atoms with E-state index >= 15 is 0 Å². The van der Waals surface area contributed by atoms with Gasteiger partial charge in [-0.25, -0.2) is 4.39 Å². The van der Waals surface area contributed by atoms with E-state index in [1.54, 1.807) is 19.1 Å². The molecule has 0 spiro atoms. The monoisotopic (exact) mass is 253 g/mol. The summed E-state index contributed by atoms with van der Waals surface area (Å²) in [7, 11) is 0. The lowest BCUT2D eigenvalue weighted by atomic mass is 9.89. The molecule has 0 aliphatic rings. The number of carbonyl (C=O) groups is 1. The third-order valence-electron chi connectivity index (χ3n) is 3.20. The van der Waals surface area contributed by atoms with Gasteiger partial charge in [-0.1, -0.05) is 26.0 Å². The number of hydrogen-bond donors (Lipinski definition) is 2. The lowest BCUT2D eigenvalue weighted by Gasteiger charge is -2.20. The summed E-state index contributed by atoms with van der Waals surface area (Å²) in [5, 5.41) is 8.86. The maximum atomic E-state index is 12.7. The molecule has 0 amide bonds. The second kappa shape index (κ2) is 6.50. The number of nitrogens with two attached hydrogens (primary N) is 1. The predicted molar refractivity (Wildman–Crippen MR) is 68.7 cm³/mol. The van der Waals surface area contributed by atoms with Crippen LogP contribution in [-0.4, -0.2) is 17.1 Å². The molecule has 3 atom stereocenters. The molecule has 1 aromatic carbocycles. The van der Waals surface area contributed by atoms with E-state index in [1.165, 1.54) is 12.1 Å². The fourth-order valence-corrected chi connectivity index (χ4v) is 1.96. The number of aliphatic carboxylic acids is 1. The van der Waals surface area contributed by atoms with Crippen LogP contribution in [-0.2, 0) is 11.2 Å². The Bertz CT molecular complexity index is 391.